The summed E-state index contributed by atoms with van der Waals surface area (Å²) in [5.41, 5.74) is 0.933. The van der Waals surface area contributed by atoms with Gasteiger partial charge in [-0.25, -0.2) is 4.98 Å². The number of nitrogens with one attached hydrogen (secondary N) is 1. The second-order valence-electron chi connectivity index (χ2n) is 5.21. The number of aromatic nitrogens is 2. The first-order chi connectivity index (χ1) is 12.0. The molecule has 0 aliphatic carbocycles. The lowest BCUT2D eigenvalue weighted by molar-refractivity contribution is 0.394. The van der Waals surface area contributed by atoms with Crippen molar-refractivity contribution in [3.63, 3.8) is 0 Å². The van der Waals surface area contributed by atoms with Gasteiger partial charge in [0.2, 0.25) is 0 Å². The Bertz CT molecular complexity index is 1010. The Morgan fingerprint density at radius 3 is 2.44 bits per heavy atom. The number of halogens is 2. The van der Waals surface area contributed by atoms with Crippen LogP contribution in [0.3, 0.4) is 0 Å². The van der Waals surface area contributed by atoms with Crippen LogP contribution < -0.4 is 15.0 Å². The van der Waals surface area contributed by atoms with E-state index in [1.165, 1.54) is 0 Å². The Morgan fingerprint density at radius 2 is 1.80 bits per heavy atom. The molecule has 1 N–H and O–H groups in total. The molecule has 0 aliphatic heterocycles. The van der Waals surface area contributed by atoms with Crippen molar-refractivity contribution >= 4 is 45.2 Å². The second-order valence-corrected chi connectivity index (χ2v) is 6.06. The van der Waals surface area contributed by atoms with Crippen LogP contribution >= 0.6 is 23.2 Å². The van der Waals surface area contributed by atoms with Gasteiger partial charge in [0.1, 0.15) is 11.5 Å². The summed E-state index contributed by atoms with van der Waals surface area (Å²) in [6, 6.07) is 10.2. The molecule has 0 spiro atoms. The molecule has 25 heavy (non-hydrogen) atoms. The largest absolute Gasteiger partial charge is 0.497 e. The SMILES string of the molecule is COc1cc(/C=C(\Cl)c2nc3cc(Cl)ccc3c(=O)[nH]2)cc(OC)c1. The first-order valence-corrected chi connectivity index (χ1v) is 8.06. The van der Waals surface area contributed by atoms with Crippen LogP contribution in [-0.2, 0) is 0 Å². The van der Waals surface area contributed by atoms with Crippen molar-refractivity contribution in [1.29, 1.82) is 0 Å². The van der Waals surface area contributed by atoms with Crippen molar-refractivity contribution in [3.05, 3.63) is 63.2 Å². The summed E-state index contributed by atoms with van der Waals surface area (Å²) in [7, 11) is 3.13. The van der Waals surface area contributed by atoms with Gasteiger partial charge in [0.25, 0.3) is 5.56 Å². The van der Waals surface area contributed by atoms with E-state index in [-0.39, 0.29) is 16.4 Å². The Kier molecular flexibility index (Phi) is 4.97. The monoisotopic (exact) mass is 376 g/mol. The zero-order valence-electron chi connectivity index (χ0n) is 13.5. The van der Waals surface area contributed by atoms with Crippen molar-refractivity contribution in [3.8, 4) is 11.5 Å². The van der Waals surface area contributed by atoms with E-state index < -0.39 is 0 Å². The highest BCUT2D eigenvalue weighted by atomic mass is 35.5. The van der Waals surface area contributed by atoms with Crippen LogP contribution in [0.15, 0.2) is 41.2 Å². The number of H-pyrrole nitrogens is 1. The van der Waals surface area contributed by atoms with E-state index in [0.29, 0.717) is 27.4 Å². The van der Waals surface area contributed by atoms with Crippen molar-refractivity contribution in [2.24, 2.45) is 0 Å². The van der Waals surface area contributed by atoms with Gasteiger partial charge in [-0.1, -0.05) is 23.2 Å². The van der Waals surface area contributed by atoms with Gasteiger partial charge >= 0.3 is 0 Å². The highest BCUT2D eigenvalue weighted by molar-refractivity contribution is 6.50. The van der Waals surface area contributed by atoms with Gasteiger partial charge in [0.15, 0.2) is 5.82 Å². The molecule has 3 aromatic rings. The fourth-order valence-electron chi connectivity index (χ4n) is 2.35. The molecule has 1 heterocycles. The molecule has 0 saturated carbocycles. The zero-order chi connectivity index (χ0) is 18.0. The van der Waals surface area contributed by atoms with Crippen LogP contribution in [0.25, 0.3) is 22.0 Å². The molecule has 1 aromatic heterocycles. The minimum Gasteiger partial charge on any atom is -0.497 e. The number of nitrogens with zero attached hydrogens (tertiary/aromatic N) is 1. The molecule has 2 aromatic carbocycles. The number of benzene rings is 2. The zero-order valence-corrected chi connectivity index (χ0v) is 15.0. The number of fused-ring (bicyclic) bond motifs is 1. The van der Waals surface area contributed by atoms with Gasteiger partial charge in [-0.15, -0.1) is 0 Å². The highest BCUT2D eigenvalue weighted by Crippen LogP contribution is 2.27. The molecule has 0 radical (unpaired) electrons. The number of aromatic amines is 1. The Balaban J connectivity index is 2.08. The van der Waals surface area contributed by atoms with E-state index in [9.17, 15) is 4.79 Å². The van der Waals surface area contributed by atoms with E-state index >= 15 is 0 Å². The maximum atomic E-state index is 12.2. The minimum atomic E-state index is -0.286. The predicted molar refractivity (Wildman–Crippen MR) is 101 cm³/mol. The fraction of sp³-hybridized carbons (Fsp3) is 0.111. The van der Waals surface area contributed by atoms with Crippen LogP contribution in [0.1, 0.15) is 11.4 Å². The predicted octanol–water partition coefficient (Wildman–Crippen LogP) is 4.33. The molecule has 0 atom stereocenters. The summed E-state index contributed by atoms with van der Waals surface area (Å²) in [5, 5.41) is 1.21. The average Bonchev–Trinajstić information content (AvgIpc) is 2.60. The fourth-order valence-corrected chi connectivity index (χ4v) is 2.73. The molecule has 0 fully saturated rings. The van der Waals surface area contributed by atoms with Crippen molar-refractivity contribution < 1.29 is 9.47 Å². The van der Waals surface area contributed by atoms with Crippen LogP contribution in [0, 0.1) is 0 Å². The molecule has 0 aliphatic rings. The molecule has 0 amide bonds. The number of hydrogen-bond acceptors (Lipinski definition) is 4. The third kappa shape index (κ3) is 3.78. The second kappa shape index (κ2) is 7.17. The summed E-state index contributed by atoms with van der Waals surface area (Å²) < 4.78 is 10.5. The standard InChI is InChI=1S/C18H14Cl2N2O3/c1-24-12-5-10(6-13(9-12)25-2)7-15(20)17-21-16-8-11(19)3-4-14(16)18(23)22-17/h3-9H,1-2H3,(H,21,22,23)/b15-7-. The molecule has 128 valence electrons. The van der Waals surface area contributed by atoms with E-state index in [2.05, 4.69) is 9.97 Å². The third-order valence-electron chi connectivity index (χ3n) is 3.56. The summed E-state index contributed by atoms with van der Waals surface area (Å²) in [5.74, 6) is 1.51. The minimum absolute atomic E-state index is 0.253. The molecular weight excluding hydrogens is 363 g/mol. The number of rotatable bonds is 4. The first kappa shape index (κ1) is 17.3. The van der Waals surface area contributed by atoms with Crippen molar-refractivity contribution in [2.75, 3.05) is 14.2 Å². The highest BCUT2D eigenvalue weighted by Gasteiger charge is 2.08. The summed E-state index contributed by atoms with van der Waals surface area (Å²) in [6.45, 7) is 0. The van der Waals surface area contributed by atoms with E-state index in [4.69, 9.17) is 32.7 Å². The van der Waals surface area contributed by atoms with Gasteiger partial charge in [0, 0.05) is 11.1 Å². The van der Waals surface area contributed by atoms with Gasteiger partial charge in [-0.2, -0.15) is 0 Å². The van der Waals surface area contributed by atoms with E-state index in [0.717, 1.165) is 5.56 Å². The van der Waals surface area contributed by atoms with Crippen LogP contribution in [-0.4, -0.2) is 24.2 Å². The maximum absolute atomic E-state index is 12.2. The normalized spacial score (nSPS) is 11.6. The van der Waals surface area contributed by atoms with Gasteiger partial charge in [0.05, 0.1) is 30.2 Å². The Labute approximate surface area is 153 Å². The quantitative estimate of drug-likeness (QED) is 0.735. The lowest BCUT2D eigenvalue weighted by Crippen LogP contribution is -2.10. The van der Waals surface area contributed by atoms with Crippen LogP contribution in [0.4, 0.5) is 0 Å². The molecule has 5 nitrogen and oxygen atoms in total. The summed E-state index contributed by atoms with van der Waals surface area (Å²) >= 11 is 12.3. The molecular formula is C18H14Cl2N2O3. The molecule has 7 heteroatoms. The molecule has 0 bridgehead atoms. The topological polar surface area (TPSA) is 64.2 Å². The molecule has 3 rings (SSSR count). The molecule has 0 unspecified atom stereocenters. The Morgan fingerprint density at radius 1 is 1.12 bits per heavy atom. The van der Waals surface area contributed by atoms with Gasteiger partial charge in [-0.05, 0) is 42.0 Å². The van der Waals surface area contributed by atoms with Gasteiger partial charge in [-0.3, -0.25) is 4.79 Å². The Hall–Kier alpha value is -2.50. The third-order valence-corrected chi connectivity index (χ3v) is 4.09. The van der Waals surface area contributed by atoms with E-state index in [1.54, 1.807) is 56.7 Å². The van der Waals surface area contributed by atoms with Crippen molar-refractivity contribution in [2.45, 2.75) is 0 Å². The summed E-state index contributed by atoms with van der Waals surface area (Å²) in [6.07, 6.45) is 1.67. The van der Waals surface area contributed by atoms with Gasteiger partial charge < -0.3 is 14.5 Å². The average molecular weight is 377 g/mol. The number of methoxy groups -OCH3 is 2. The first-order valence-electron chi connectivity index (χ1n) is 7.30. The lowest BCUT2D eigenvalue weighted by atomic mass is 10.2. The maximum Gasteiger partial charge on any atom is 0.259 e. The van der Waals surface area contributed by atoms with Crippen LogP contribution in [0.2, 0.25) is 5.02 Å². The van der Waals surface area contributed by atoms with E-state index in [1.807, 2.05) is 0 Å². The number of hydrogen-bond donors (Lipinski definition) is 1. The lowest BCUT2D eigenvalue weighted by Gasteiger charge is -2.07. The van der Waals surface area contributed by atoms with Crippen molar-refractivity contribution in [1.82, 2.24) is 9.97 Å². The number of ether oxygens (including phenoxy) is 2. The summed E-state index contributed by atoms with van der Waals surface area (Å²) in [4.78, 5) is 19.3. The smallest absolute Gasteiger partial charge is 0.259 e. The van der Waals surface area contributed by atoms with Crippen LogP contribution in [0.5, 0.6) is 11.5 Å². The molecule has 0 saturated heterocycles.